The van der Waals surface area contributed by atoms with Gasteiger partial charge in [-0.2, -0.15) is 0 Å². The third kappa shape index (κ3) is 13.6. The summed E-state index contributed by atoms with van der Waals surface area (Å²) in [7, 11) is 0. The van der Waals surface area contributed by atoms with E-state index in [4.69, 9.17) is 11.5 Å². The van der Waals surface area contributed by atoms with E-state index in [1.807, 2.05) is 27.7 Å². The maximum atomic E-state index is 12.9. The zero-order valence-corrected chi connectivity index (χ0v) is 20.0. The van der Waals surface area contributed by atoms with Crippen LogP contribution in [0.1, 0.15) is 60.3 Å². The number of carbonyl (C=O) groups is 4. The van der Waals surface area contributed by atoms with Gasteiger partial charge in [0.25, 0.3) is 0 Å². The molecule has 0 heterocycles. The predicted octanol–water partition coefficient (Wildman–Crippen LogP) is 0.0629. The fraction of sp³-hybridized carbons (Fsp3) is 0.750. The number of carbonyl (C=O) groups excluding carboxylic acids is 4. The molecule has 11 heteroatoms. The molecule has 0 saturated heterocycles. The summed E-state index contributed by atoms with van der Waals surface area (Å²) in [5, 5.41) is 7.52. The summed E-state index contributed by atoms with van der Waals surface area (Å²) in [5.41, 5.74) is 10.6. The maximum Gasteiger partial charge on any atom is 0.243 e. The first-order chi connectivity index (χ1) is 14.3. The highest BCUT2D eigenvalue weighted by Gasteiger charge is 2.29. The molecular formula is C20H38N6O4S. The zero-order valence-electron chi connectivity index (χ0n) is 19.1. The minimum absolute atomic E-state index is 0.0485. The quantitative estimate of drug-likeness (QED) is 0.0931. The van der Waals surface area contributed by atoms with E-state index in [9.17, 15) is 19.2 Å². The lowest BCUT2D eigenvalue weighted by Crippen LogP contribution is -2.55. The van der Waals surface area contributed by atoms with Crippen molar-refractivity contribution < 1.29 is 19.2 Å². The Kier molecular flexibility index (Phi) is 13.6. The molecule has 0 spiro atoms. The lowest BCUT2D eigenvalue weighted by atomic mass is 9.99. The van der Waals surface area contributed by atoms with E-state index in [1.54, 1.807) is 0 Å². The molecule has 178 valence electrons. The molecular weight excluding hydrogens is 420 g/mol. The molecule has 0 fully saturated rings. The minimum atomic E-state index is -0.858. The normalized spacial score (nSPS) is 13.8. The monoisotopic (exact) mass is 458 g/mol. The van der Waals surface area contributed by atoms with E-state index in [2.05, 4.69) is 33.6 Å². The average Bonchev–Trinajstić information content (AvgIpc) is 2.61. The minimum Gasteiger partial charge on any atom is -0.370 e. The molecule has 3 amide bonds. The van der Waals surface area contributed by atoms with Crippen LogP contribution in [-0.2, 0) is 19.2 Å². The van der Waals surface area contributed by atoms with Crippen molar-refractivity contribution in [3.63, 3.8) is 0 Å². The highest BCUT2D eigenvalue weighted by atomic mass is 32.1. The second-order valence-corrected chi connectivity index (χ2v) is 8.86. The topological polar surface area (TPSA) is 169 Å². The number of thiol groups is 1. The van der Waals surface area contributed by atoms with Gasteiger partial charge in [0, 0.05) is 13.5 Å². The smallest absolute Gasteiger partial charge is 0.243 e. The fourth-order valence-electron chi connectivity index (χ4n) is 2.96. The van der Waals surface area contributed by atoms with Gasteiger partial charge in [-0.05, 0) is 37.5 Å². The third-order valence-corrected chi connectivity index (χ3v) is 4.61. The van der Waals surface area contributed by atoms with Crippen molar-refractivity contribution >= 4 is 41.4 Å². The summed E-state index contributed by atoms with van der Waals surface area (Å²) in [6, 6.07) is -2.44. The van der Waals surface area contributed by atoms with Gasteiger partial charge in [0.05, 0.1) is 6.04 Å². The molecule has 0 bridgehead atoms. The molecule has 3 atom stereocenters. The molecule has 0 aromatic rings. The van der Waals surface area contributed by atoms with Crippen LogP contribution in [0.15, 0.2) is 4.99 Å². The summed E-state index contributed by atoms with van der Waals surface area (Å²) in [5.74, 6) is -1.03. The predicted molar refractivity (Wildman–Crippen MR) is 124 cm³/mol. The van der Waals surface area contributed by atoms with E-state index in [1.165, 1.54) is 6.92 Å². The highest BCUT2D eigenvalue weighted by Crippen LogP contribution is 2.10. The lowest BCUT2D eigenvalue weighted by molar-refractivity contribution is -0.133. The van der Waals surface area contributed by atoms with Crippen LogP contribution in [0.3, 0.4) is 0 Å². The first kappa shape index (κ1) is 28.7. The largest absolute Gasteiger partial charge is 0.370 e. The standard InChI is InChI=1S/C20H38N6O4S/c1-11(2)9-15(24-13(5)27)17(28)26-16(10-12(3)4)18(29)25-14(19(30)31)7-6-8-23-20(21)22/h11-12,14-16H,6-10H2,1-5H3,(H,24,27)(H,25,29)(H,26,28)(H,30,31)(H4,21,22,23)/t14-,15-,16-/m0/s1. The molecule has 0 unspecified atom stereocenters. The number of nitrogens with two attached hydrogens (primary N) is 2. The second-order valence-electron chi connectivity index (χ2n) is 8.42. The van der Waals surface area contributed by atoms with Gasteiger partial charge in [-0.25, -0.2) is 0 Å². The lowest BCUT2D eigenvalue weighted by Gasteiger charge is -2.26. The average molecular weight is 459 g/mol. The Morgan fingerprint density at radius 3 is 1.68 bits per heavy atom. The molecule has 0 radical (unpaired) electrons. The van der Waals surface area contributed by atoms with Crippen molar-refractivity contribution in [1.29, 1.82) is 0 Å². The Morgan fingerprint density at radius 2 is 1.29 bits per heavy atom. The van der Waals surface area contributed by atoms with Crippen LogP contribution in [0.2, 0.25) is 0 Å². The van der Waals surface area contributed by atoms with E-state index in [0.29, 0.717) is 32.2 Å². The molecule has 0 rings (SSSR count). The summed E-state index contributed by atoms with van der Waals surface area (Å²) in [6.07, 6.45) is 1.57. The Morgan fingerprint density at radius 1 is 0.839 bits per heavy atom. The van der Waals surface area contributed by atoms with Gasteiger partial charge in [0.2, 0.25) is 22.8 Å². The molecule has 0 saturated carbocycles. The number of hydrogen-bond donors (Lipinski definition) is 6. The van der Waals surface area contributed by atoms with Crippen molar-refractivity contribution in [3.05, 3.63) is 0 Å². The van der Waals surface area contributed by atoms with Crippen molar-refractivity contribution in [2.75, 3.05) is 6.54 Å². The zero-order chi connectivity index (χ0) is 24.1. The maximum absolute atomic E-state index is 12.9. The van der Waals surface area contributed by atoms with Crippen LogP contribution in [0.4, 0.5) is 0 Å². The van der Waals surface area contributed by atoms with E-state index >= 15 is 0 Å². The second kappa shape index (κ2) is 14.7. The number of aliphatic imine (C=N–C) groups is 1. The van der Waals surface area contributed by atoms with E-state index in [0.717, 1.165) is 0 Å². The van der Waals surface area contributed by atoms with Crippen molar-refractivity contribution in [3.8, 4) is 0 Å². The van der Waals surface area contributed by atoms with Gasteiger partial charge in [-0.3, -0.25) is 24.2 Å². The van der Waals surface area contributed by atoms with Gasteiger partial charge in [0.1, 0.15) is 12.1 Å². The molecule has 0 aliphatic carbocycles. The van der Waals surface area contributed by atoms with Crippen LogP contribution in [0.5, 0.6) is 0 Å². The number of hydrogen-bond acceptors (Lipinski definition) is 5. The fourth-order valence-corrected chi connectivity index (χ4v) is 3.15. The summed E-state index contributed by atoms with van der Waals surface area (Å²) in [4.78, 5) is 52.8. The Bertz CT molecular complexity index is 650. The Hall–Kier alpha value is -2.30. The number of nitrogens with zero attached hydrogens (tertiary/aromatic N) is 1. The van der Waals surface area contributed by atoms with Gasteiger partial charge in [-0.15, -0.1) is 12.6 Å². The van der Waals surface area contributed by atoms with E-state index in [-0.39, 0.29) is 23.7 Å². The first-order valence-corrected chi connectivity index (χ1v) is 10.9. The number of nitrogens with one attached hydrogen (secondary N) is 3. The van der Waals surface area contributed by atoms with Crippen molar-refractivity contribution in [2.24, 2.45) is 28.3 Å². The Labute approximate surface area is 190 Å². The summed E-state index contributed by atoms with van der Waals surface area (Å²) < 4.78 is 0. The van der Waals surface area contributed by atoms with Crippen LogP contribution < -0.4 is 27.4 Å². The molecule has 10 nitrogen and oxygen atoms in total. The van der Waals surface area contributed by atoms with Gasteiger partial charge >= 0.3 is 0 Å². The number of guanidine groups is 1. The van der Waals surface area contributed by atoms with Crippen molar-refractivity contribution in [1.82, 2.24) is 16.0 Å². The molecule has 0 aromatic heterocycles. The highest BCUT2D eigenvalue weighted by molar-refractivity contribution is 7.96. The molecule has 0 aliphatic heterocycles. The summed E-state index contributed by atoms with van der Waals surface area (Å²) >= 11 is 3.85. The van der Waals surface area contributed by atoms with Gasteiger partial charge < -0.3 is 27.4 Å². The SMILES string of the molecule is CC(=O)N[C@@H](CC(C)C)C(=O)N[C@@H](CC(C)C)C(=O)N[C@@H](CCCN=C(N)N)C(=O)S. The molecule has 0 aliphatic rings. The van der Waals surface area contributed by atoms with Crippen molar-refractivity contribution in [2.45, 2.75) is 78.4 Å². The Balaban J connectivity index is 5.25. The third-order valence-electron chi connectivity index (χ3n) is 4.30. The van der Waals surface area contributed by atoms with Gasteiger partial charge in [0.15, 0.2) is 5.96 Å². The molecule has 31 heavy (non-hydrogen) atoms. The van der Waals surface area contributed by atoms with Crippen LogP contribution >= 0.6 is 12.6 Å². The first-order valence-electron chi connectivity index (χ1n) is 10.5. The molecule has 0 aromatic carbocycles. The van der Waals surface area contributed by atoms with Crippen LogP contribution in [0, 0.1) is 11.8 Å². The molecule has 7 N–H and O–H groups in total. The van der Waals surface area contributed by atoms with E-state index < -0.39 is 35.1 Å². The van der Waals surface area contributed by atoms with Gasteiger partial charge in [-0.1, -0.05) is 27.7 Å². The summed E-state index contributed by atoms with van der Waals surface area (Å²) in [6.45, 7) is 9.36. The number of amides is 3. The van der Waals surface area contributed by atoms with Crippen LogP contribution in [0.25, 0.3) is 0 Å². The number of rotatable bonds is 14. The van der Waals surface area contributed by atoms with Crippen LogP contribution in [-0.4, -0.2) is 53.5 Å².